The van der Waals surface area contributed by atoms with Crippen LogP contribution < -0.4 is 32.6 Å². The number of nitrogens with two attached hydrogens (primary N) is 3. The topological polar surface area (TPSA) is 232 Å². The van der Waals surface area contributed by atoms with Gasteiger partial charge in [0.25, 0.3) is 5.91 Å². The standard InChI is InChI=1S/C21H30ClN9O4S/c1-11(2)14(19(25)32)31-36(34,35)13-8-6-12(7-9-13)5-3-4-10-27-21(26)30-20(33)15-17(23)29-18(24)16(22)28-15/h6-9,11,14,31H,3-5,10H2,1-2H3,(H2,25,32)(H4,23,24,29)(H3,26,27,30,33)/t14-/m0/s1. The van der Waals surface area contributed by atoms with E-state index in [0.29, 0.717) is 19.4 Å². The number of nitrogens with zero attached hydrogens (tertiary/aromatic N) is 2. The lowest BCUT2D eigenvalue weighted by Gasteiger charge is -2.19. The van der Waals surface area contributed by atoms with Gasteiger partial charge in [-0.25, -0.2) is 18.4 Å². The van der Waals surface area contributed by atoms with Crippen LogP contribution in [0.15, 0.2) is 29.2 Å². The lowest BCUT2D eigenvalue weighted by atomic mass is 10.1. The number of carbonyl (C=O) groups is 2. The number of guanidine groups is 1. The summed E-state index contributed by atoms with van der Waals surface area (Å²) in [6.45, 7) is 3.81. The molecule has 2 amide bonds. The molecule has 0 aliphatic carbocycles. The minimum Gasteiger partial charge on any atom is -0.382 e. The molecule has 13 nitrogen and oxygen atoms in total. The fourth-order valence-corrected chi connectivity index (χ4v) is 4.57. The molecule has 0 aliphatic rings. The molecule has 1 aromatic carbocycles. The first-order valence-corrected chi connectivity index (χ1v) is 12.8. The van der Waals surface area contributed by atoms with E-state index in [2.05, 4.69) is 25.3 Å². The van der Waals surface area contributed by atoms with Crippen LogP contribution in [-0.2, 0) is 21.2 Å². The molecule has 196 valence electrons. The Hall–Kier alpha value is -3.49. The van der Waals surface area contributed by atoms with Gasteiger partial charge in [-0.1, -0.05) is 37.6 Å². The zero-order chi connectivity index (χ0) is 27.0. The van der Waals surface area contributed by atoms with E-state index in [4.69, 9.17) is 34.2 Å². The van der Waals surface area contributed by atoms with Crippen molar-refractivity contribution >= 4 is 51.0 Å². The molecule has 0 spiro atoms. The number of rotatable bonds is 11. The van der Waals surface area contributed by atoms with Crippen molar-refractivity contribution in [1.29, 1.82) is 5.41 Å². The van der Waals surface area contributed by atoms with Crippen LogP contribution in [0.2, 0.25) is 5.15 Å². The fourth-order valence-electron chi connectivity index (χ4n) is 3.09. The number of hydrogen-bond acceptors (Lipinski definition) is 9. The number of hydrogen-bond donors (Lipinski definition) is 7. The SMILES string of the molecule is CC(C)[C@H](NS(=O)(=O)c1ccc(CCCCNC(=N)NC(=O)c2nc(Cl)c(N)nc2N)cc1)C(N)=O. The lowest BCUT2D eigenvalue weighted by molar-refractivity contribution is -0.120. The van der Waals surface area contributed by atoms with Crippen molar-refractivity contribution in [3.8, 4) is 0 Å². The number of primary amides is 1. The first-order chi connectivity index (χ1) is 16.8. The van der Waals surface area contributed by atoms with E-state index in [1.54, 1.807) is 26.0 Å². The number of unbranched alkanes of at least 4 members (excludes halogenated alkanes) is 1. The van der Waals surface area contributed by atoms with Gasteiger partial charge in [0.1, 0.15) is 6.04 Å². The average molecular weight is 540 g/mol. The summed E-state index contributed by atoms with van der Waals surface area (Å²) in [5.74, 6) is -2.33. The number of nitrogen functional groups attached to an aromatic ring is 2. The fraction of sp³-hybridized carbons (Fsp3) is 0.381. The van der Waals surface area contributed by atoms with E-state index in [1.165, 1.54) is 12.1 Å². The van der Waals surface area contributed by atoms with E-state index in [0.717, 1.165) is 12.0 Å². The maximum atomic E-state index is 12.5. The van der Waals surface area contributed by atoms with Gasteiger partial charge in [-0.05, 0) is 42.9 Å². The van der Waals surface area contributed by atoms with Gasteiger partial charge in [0.05, 0.1) is 4.90 Å². The molecule has 0 saturated heterocycles. The number of anilines is 2. The third kappa shape index (κ3) is 8.03. The van der Waals surface area contributed by atoms with Gasteiger partial charge in [-0.15, -0.1) is 0 Å². The lowest BCUT2D eigenvalue weighted by Crippen LogP contribution is -2.47. The molecule has 0 saturated carbocycles. The maximum Gasteiger partial charge on any atom is 0.280 e. The van der Waals surface area contributed by atoms with Crippen LogP contribution in [0.4, 0.5) is 11.6 Å². The highest BCUT2D eigenvalue weighted by Crippen LogP contribution is 2.17. The Kier molecular flexibility index (Phi) is 9.95. The summed E-state index contributed by atoms with van der Waals surface area (Å²) in [7, 11) is -3.89. The summed E-state index contributed by atoms with van der Waals surface area (Å²) in [5, 5.41) is 12.7. The average Bonchev–Trinajstić information content (AvgIpc) is 2.79. The number of halogens is 1. The van der Waals surface area contributed by atoms with Crippen molar-refractivity contribution in [2.24, 2.45) is 11.7 Å². The monoisotopic (exact) mass is 539 g/mol. The van der Waals surface area contributed by atoms with Gasteiger partial charge in [-0.2, -0.15) is 4.72 Å². The molecule has 0 bridgehead atoms. The summed E-state index contributed by atoms with van der Waals surface area (Å²) < 4.78 is 27.4. The molecule has 0 fully saturated rings. The van der Waals surface area contributed by atoms with Gasteiger partial charge >= 0.3 is 0 Å². The Morgan fingerprint density at radius 2 is 1.72 bits per heavy atom. The molecule has 10 N–H and O–H groups in total. The van der Waals surface area contributed by atoms with Gasteiger partial charge in [0.15, 0.2) is 28.4 Å². The Balaban J connectivity index is 1.78. The number of carbonyl (C=O) groups excluding carboxylic acids is 2. The molecule has 1 aromatic heterocycles. The summed E-state index contributed by atoms with van der Waals surface area (Å²) >= 11 is 5.76. The van der Waals surface area contributed by atoms with Crippen LogP contribution in [0.5, 0.6) is 0 Å². The first kappa shape index (κ1) is 28.7. The van der Waals surface area contributed by atoms with Crippen molar-refractivity contribution in [3.63, 3.8) is 0 Å². The van der Waals surface area contributed by atoms with Crippen molar-refractivity contribution in [2.45, 2.75) is 44.0 Å². The molecule has 36 heavy (non-hydrogen) atoms. The van der Waals surface area contributed by atoms with Crippen molar-refractivity contribution in [2.75, 3.05) is 18.0 Å². The molecular weight excluding hydrogens is 510 g/mol. The maximum absolute atomic E-state index is 12.5. The Labute approximate surface area is 214 Å². The van der Waals surface area contributed by atoms with E-state index < -0.39 is 27.9 Å². The molecular formula is C21H30ClN9O4S. The molecule has 2 aromatic rings. The molecule has 2 rings (SSSR count). The molecule has 1 atom stereocenters. The minimum absolute atomic E-state index is 0.0386. The van der Waals surface area contributed by atoms with Crippen LogP contribution in [0.25, 0.3) is 0 Å². The molecule has 0 radical (unpaired) electrons. The quantitative estimate of drug-likeness (QED) is 0.118. The van der Waals surface area contributed by atoms with E-state index in [9.17, 15) is 18.0 Å². The zero-order valence-corrected chi connectivity index (χ0v) is 21.4. The Morgan fingerprint density at radius 1 is 1.08 bits per heavy atom. The van der Waals surface area contributed by atoms with Crippen LogP contribution in [0, 0.1) is 11.3 Å². The molecule has 15 heteroatoms. The number of amides is 2. The number of benzene rings is 1. The number of aromatic nitrogens is 2. The molecule has 0 unspecified atom stereocenters. The van der Waals surface area contributed by atoms with Crippen molar-refractivity contribution in [1.82, 2.24) is 25.3 Å². The highest BCUT2D eigenvalue weighted by Gasteiger charge is 2.26. The minimum atomic E-state index is -3.89. The summed E-state index contributed by atoms with van der Waals surface area (Å²) in [6, 6.07) is 5.33. The first-order valence-electron chi connectivity index (χ1n) is 10.9. The highest BCUT2D eigenvalue weighted by atomic mass is 35.5. The largest absolute Gasteiger partial charge is 0.382 e. The Bertz CT molecular complexity index is 1220. The number of aryl methyl sites for hydroxylation is 1. The summed E-state index contributed by atoms with van der Waals surface area (Å²) in [5.41, 5.74) is 17.1. The second kappa shape index (κ2) is 12.5. The third-order valence-corrected chi connectivity index (χ3v) is 6.78. The second-order valence-corrected chi connectivity index (χ2v) is 10.3. The number of nitrogens with one attached hydrogen (secondary N) is 4. The highest BCUT2D eigenvalue weighted by molar-refractivity contribution is 7.89. The third-order valence-electron chi connectivity index (χ3n) is 5.04. The summed E-state index contributed by atoms with van der Waals surface area (Å²) in [4.78, 5) is 31.2. The predicted molar refractivity (Wildman–Crippen MR) is 137 cm³/mol. The molecule has 1 heterocycles. The zero-order valence-electron chi connectivity index (χ0n) is 19.8. The van der Waals surface area contributed by atoms with Gasteiger partial charge < -0.3 is 22.5 Å². The van der Waals surface area contributed by atoms with Crippen LogP contribution in [0.1, 0.15) is 42.7 Å². The smallest absolute Gasteiger partial charge is 0.280 e. The van der Waals surface area contributed by atoms with Crippen LogP contribution in [-0.4, -0.2) is 48.7 Å². The van der Waals surface area contributed by atoms with E-state index in [1.807, 2.05) is 0 Å². The second-order valence-electron chi connectivity index (χ2n) is 8.24. The van der Waals surface area contributed by atoms with E-state index in [-0.39, 0.29) is 39.3 Å². The van der Waals surface area contributed by atoms with Crippen molar-refractivity contribution < 1.29 is 18.0 Å². The van der Waals surface area contributed by atoms with E-state index >= 15 is 0 Å². The Morgan fingerprint density at radius 3 is 2.31 bits per heavy atom. The van der Waals surface area contributed by atoms with Crippen LogP contribution in [0.3, 0.4) is 0 Å². The van der Waals surface area contributed by atoms with Crippen LogP contribution >= 0.6 is 11.6 Å². The van der Waals surface area contributed by atoms with Gasteiger partial charge in [0.2, 0.25) is 15.9 Å². The van der Waals surface area contributed by atoms with Gasteiger partial charge in [-0.3, -0.25) is 20.3 Å². The normalized spacial score (nSPS) is 12.2. The van der Waals surface area contributed by atoms with Crippen molar-refractivity contribution in [3.05, 3.63) is 40.7 Å². The summed E-state index contributed by atoms with van der Waals surface area (Å²) in [6.07, 6.45) is 2.08. The van der Waals surface area contributed by atoms with Gasteiger partial charge in [0, 0.05) is 6.54 Å². The number of sulfonamides is 1. The molecule has 0 aliphatic heterocycles. The predicted octanol–water partition coefficient (Wildman–Crippen LogP) is 0.360.